The van der Waals surface area contributed by atoms with E-state index in [0.29, 0.717) is 17.6 Å². The van der Waals surface area contributed by atoms with E-state index in [0.717, 1.165) is 17.4 Å². The third-order valence-corrected chi connectivity index (χ3v) is 2.95. The standard InChI is InChI=1S/C11H12N4O3/c1-14-5-4-9(16)15(11(14)17)6-8-12-10(18-13-8)7-2-3-7/h4-5,7H,2-3,6H2,1H3. The predicted molar refractivity (Wildman–Crippen MR) is 61.3 cm³/mol. The van der Waals surface area contributed by atoms with Crippen LogP contribution >= 0.6 is 0 Å². The van der Waals surface area contributed by atoms with Crippen molar-refractivity contribution < 1.29 is 4.52 Å². The van der Waals surface area contributed by atoms with Crippen molar-refractivity contribution in [2.45, 2.75) is 25.3 Å². The Hall–Kier alpha value is -2.18. The zero-order valence-corrected chi connectivity index (χ0v) is 9.87. The molecule has 1 aliphatic rings. The van der Waals surface area contributed by atoms with Crippen LogP contribution < -0.4 is 11.2 Å². The van der Waals surface area contributed by atoms with E-state index in [2.05, 4.69) is 10.1 Å². The fraction of sp³-hybridized carbons (Fsp3) is 0.455. The molecule has 0 aliphatic heterocycles. The van der Waals surface area contributed by atoms with Gasteiger partial charge in [0.1, 0.15) is 0 Å². The number of nitrogens with zero attached hydrogens (tertiary/aromatic N) is 4. The Labute approximate surface area is 102 Å². The molecular formula is C11H12N4O3. The Morgan fingerprint density at radius 1 is 1.44 bits per heavy atom. The maximum Gasteiger partial charge on any atom is 0.331 e. The van der Waals surface area contributed by atoms with Crippen LogP contribution in [0.15, 0.2) is 26.4 Å². The summed E-state index contributed by atoms with van der Waals surface area (Å²) in [6.45, 7) is 0.0442. The van der Waals surface area contributed by atoms with Crippen LogP contribution in [0.2, 0.25) is 0 Å². The second kappa shape index (κ2) is 3.94. The normalized spacial score (nSPS) is 14.9. The first-order valence-electron chi connectivity index (χ1n) is 5.74. The minimum atomic E-state index is -0.389. The molecule has 7 nitrogen and oxygen atoms in total. The van der Waals surface area contributed by atoms with Gasteiger partial charge in [0, 0.05) is 25.2 Å². The van der Waals surface area contributed by atoms with Crippen LogP contribution in [0.4, 0.5) is 0 Å². The smallest absolute Gasteiger partial charge is 0.331 e. The highest BCUT2D eigenvalue weighted by Crippen LogP contribution is 2.38. The minimum absolute atomic E-state index is 0.0442. The van der Waals surface area contributed by atoms with Gasteiger partial charge >= 0.3 is 5.69 Å². The molecule has 0 amide bonds. The molecule has 0 N–H and O–H groups in total. The van der Waals surface area contributed by atoms with E-state index in [1.165, 1.54) is 16.8 Å². The van der Waals surface area contributed by atoms with Gasteiger partial charge in [0.15, 0.2) is 5.82 Å². The van der Waals surface area contributed by atoms with Crippen molar-refractivity contribution in [3.63, 3.8) is 0 Å². The number of hydrogen-bond donors (Lipinski definition) is 0. The summed E-state index contributed by atoms with van der Waals surface area (Å²) in [4.78, 5) is 27.6. The molecule has 0 unspecified atom stereocenters. The first kappa shape index (κ1) is 10.9. The zero-order chi connectivity index (χ0) is 12.7. The fourth-order valence-corrected chi connectivity index (χ4v) is 1.73. The van der Waals surface area contributed by atoms with E-state index < -0.39 is 0 Å². The molecule has 2 heterocycles. The summed E-state index contributed by atoms with van der Waals surface area (Å²) in [5, 5.41) is 3.79. The summed E-state index contributed by atoms with van der Waals surface area (Å²) in [7, 11) is 1.59. The maximum atomic E-state index is 11.8. The second-order valence-corrected chi connectivity index (χ2v) is 4.46. The summed E-state index contributed by atoms with van der Waals surface area (Å²) in [5.74, 6) is 1.33. The molecule has 7 heteroatoms. The minimum Gasteiger partial charge on any atom is -0.339 e. The molecule has 2 aromatic heterocycles. The van der Waals surface area contributed by atoms with E-state index in [4.69, 9.17) is 4.52 Å². The number of aromatic nitrogens is 4. The molecule has 0 aromatic carbocycles. The number of rotatable bonds is 3. The van der Waals surface area contributed by atoms with Crippen molar-refractivity contribution in [1.82, 2.24) is 19.3 Å². The Balaban J connectivity index is 1.93. The lowest BCUT2D eigenvalue weighted by molar-refractivity contribution is 0.372. The van der Waals surface area contributed by atoms with Gasteiger partial charge in [-0.3, -0.25) is 9.36 Å². The highest BCUT2D eigenvalue weighted by Gasteiger charge is 2.29. The van der Waals surface area contributed by atoms with E-state index in [-0.39, 0.29) is 17.8 Å². The van der Waals surface area contributed by atoms with Crippen molar-refractivity contribution in [1.29, 1.82) is 0 Å². The van der Waals surface area contributed by atoms with E-state index in [1.54, 1.807) is 7.05 Å². The molecule has 0 bridgehead atoms. The van der Waals surface area contributed by atoms with E-state index in [1.807, 2.05) is 0 Å². The highest BCUT2D eigenvalue weighted by atomic mass is 16.5. The molecule has 0 atom stereocenters. The molecule has 18 heavy (non-hydrogen) atoms. The number of hydrogen-bond acceptors (Lipinski definition) is 5. The zero-order valence-electron chi connectivity index (χ0n) is 9.87. The molecule has 0 radical (unpaired) electrons. The molecule has 2 aromatic rings. The van der Waals surface area contributed by atoms with Gasteiger partial charge in [-0.25, -0.2) is 4.79 Å². The van der Waals surface area contributed by atoms with Gasteiger partial charge in [-0.1, -0.05) is 5.16 Å². The van der Waals surface area contributed by atoms with Crippen molar-refractivity contribution >= 4 is 0 Å². The summed E-state index contributed by atoms with van der Waals surface area (Å²) in [6.07, 6.45) is 3.57. The molecule has 1 saturated carbocycles. The third kappa shape index (κ3) is 1.87. The van der Waals surface area contributed by atoms with E-state index in [9.17, 15) is 9.59 Å². The summed E-state index contributed by atoms with van der Waals surface area (Å²) in [5.41, 5.74) is -0.754. The second-order valence-electron chi connectivity index (χ2n) is 4.46. The first-order chi connectivity index (χ1) is 8.65. The van der Waals surface area contributed by atoms with Crippen LogP contribution in [0.5, 0.6) is 0 Å². The van der Waals surface area contributed by atoms with E-state index >= 15 is 0 Å². The lowest BCUT2D eigenvalue weighted by atomic mass is 10.4. The van der Waals surface area contributed by atoms with Gasteiger partial charge in [-0.2, -0.15) is 4.98 Å². The molecule has 94 valence electrons. The van der Waals surface area contributed by atoms with Crippen LogP contribution in [-0.2, 0) is 13.6 Å². The van der Waals surface area contributed by atoms with Crippen LogP contribution in [0.3, 0.4) is 0 Å². The summed E-state index contributed by atoms with van der Waals surface area (Å²) < 4.78 is 7.51. The van der Waals surface area contributed by atoms with Crippen molar-refractivity contribution in [2.24, 2.45) is 7.05 Å². The SMILES string of the molecule is Cn1ccc(=O)n(Cc2noc(C3CC3)n2)c1=O. The fourth-order valence-electron chi connectivity index (χ4n) is 1.73. The molecule has 0 spiro atoms. The maximum absolute atomic E-state index is 11.8. The first-order valence-corrected chi connectivity index (χ1v) is 5.74. The Morgan fingerprint density at radius 2 is 2.22 bits per heavy atom. The Kier molecular flexibility index (Phi) is 2.39. The van der Waals surface area contributed by atoms with Gasteiger partial charge in [0.2, 0.25) is 5.89 Å². The topological polar surface area (TPSA) is 82.9 Å². The van der Waals surface area contributed by atoms with Crippen LogP contribution in [0.1, 0.15) is 30.5 Å². The summed E-state index contributed by atoms with van der Waals surface area (Å²) >= 11 is 0. The number of aryl methyl sites for hydroxylation is 1. The lowest BCUT2D eigenvalue weighted by Crippen LogP contribution is -2.38. The van der Waals surface area contributed by atoms with Crippen molar-refractivity contribution in [3.05, 3.63) is 44.8 Å². The molecule has 1 aliphatic carbocycles. The average molecular weight is 248 g/mol. The monoisotopic (exact) mass is 248 g/mol. The van der Waals surface area contributed by atoms with Gasteiger partial charge in [0.25, 0.3) is 5.56 Å². The summed E-state index contributed by atoms with van der Waals surface area (Å²) in [6, 6.07) is 1.34. The van der Waals surface area contributed by atoms with Crippen molar-refractivity contribution in [2.75, 3.05) is 0 Å². The van der Waals surface area contributed by atoms with Gasteiger partial charge in [-0.05, 0) is 12.8 Å². The molecule has 3 rings (SSSR count). The van der Waals surface area contributed by atoms with Gasteiger partial charge < -0.3 is 9.09 Å². The average Bonchev–Trinajstić information content (AvgIpc) is 3.10. The predicted octanol–water partition coefficient (Wildman–Crippen LogP) is -0.144. The Morgan fingerprint density at radius 3 is 2.94 bits per heavy atom. The quantitative estimate of drug-likeness (QED) is 0.754. The molecule has 0 saturated heterocycles. The van der Waals surface area contributed by atoms with Crippen LogP contribution in [-0.4, -0.2) is 19.3 Å². The largest absolute Gasteiger partial charge is 0.339 e. The third-order valence-electron chi connectivity index (χ3n) is 2.95. The lowest BCUT2D eigenvalue weighted by Gasteiger charge is -2.02. The van der Waals surface area contributed by atoms with Crippen molar-refractivity contribution in [3.8, 4) is 0 Å². The Bertz CT molecular complexity index is 693. The highest BCUT2D eigenvalue weighted by molar-refractivity contribution is 5.02. The molecular weight excluding hydrogens is 236 g/mol. The molecule has 1 fully saturated rings. The van der Waals surface area contributed by atoms with Crippen LogP contribution in [0.25, 0.3) is 0 Å². The van der Waals surface area contributed by atoms with Gasteiger partial charge in [0.05, 0.1) is 6.54 Å². The van der Waals surface area contributed by atoms with Crippen LogP contribution in [0, 0.1) is 0 Å². The van der Waals surface area contributed by atoms with Gasteiger partial charge in [-0.15, -0.1) is 0 Å².